The fourth-order valence-corrected chi connectivity index (χ4v) is 10.4. The van der Waals surface area contributed by atoms with Crippen molar-refractivity contribution in [1.82, 2.24) is 28.2 Å². The Bertz CT molecular complexity index is 3910. The Hall–Kier alpha value is -8.74. The quantitative estimate of drug-likeness (QED) is 0.174. The number of para-hydroxylation sites is 6. The molecule has 0 spiro atoms. The number of hydrogen-bond donors (Lipinski definition) is 0. The smallest absolute Gasteiger partial charge is 0.138 e. The maximum Gasteiger partial charge on any atom is 0.138 e. The van der Waals surface area contributed by atoms with Crippen LogP contribution in [0.2, 0.25) is 0 Å². The van der Waals surface area contributed by atoms with Gasteiger partial charge in [0.05, 0.1) is 55.5 Å². The molecular weight excluding hydrogens is 781 g/mol. The molecule has 6 heteroatoms. The van der Waals surface area contributed by atoms with Gasteiger partial charge in [-0.2, -0.15) is 0 Å². The maximum atomic E-state index is 5.42. The summed E-state index contributed by atoms with van der Waals surface area (Å²) in [7, 11) is 0. The normalized spacial score (nSPS) is 12.1. The molecule has 8 aromatic carbocycles. The van der Waals surface area contributed by atoms with Gasteiger partial charge in [0.1, 0.15) is 11.6 Å². The minimum Gasteiger partial charge on any atom is -0.309 e. The molecule has 0 atom stereocenters. The first-order chi connectivity index (χ1) is 31.8. The predicted molar refractivity (Wildman–Crippen MR) is 265 cm³/mol. The molecule has 14 aromatic rings. The number of nitrogens with zero attached hydrogens (tertiary/aromatic N) is 6. The summed E-state index contributed by atoms with van der Waals surface area (Å²) in [6.07, 6.45) is 0. The van der Waals surface area contributed by atoms with Crippen molar-refractivity contribution in [1.29, 1.82) is 0 Å². The Labute approximate surface area is 366 Å². The molecule has 6 nitrogen and oxygen atoms in total. The average Bonchev–Trinajstić information content (AvgIpc) is 4.07. The van der Waals surface area contributed by atoms with Crippen molar-refractivity contribution >= 4 is 87.2 Å². The highest BCUT2D eigenvalue weighted by Gasteiger charge is 2.21. The summed E-state index contributed by atoms with van der Waals surface area (Å²) in [5, 5.41) is 9.58. The standard InChI is InChI=1S/C58H36N6/c1-3-17-37(18-4-1)61-49-27-11-7-21-39(49)43-35-55-45(33-53(43)61)41-23-9-13-29-51(41)63(55)57-31-15-25-47(59-57)48-26-16-32-58(60-48)64-52-30-14-10-24-42(52)46-34-54-44(36-56(46)64)40-22-8-12-28-50(40)62(54)38-19-5-2-6-20-38/h1-36H. The van der Waals surface area contributed by atoms with E-state index in [1.807, 2.05) is 0 Å². The van der Waals surface area contributed by atoms with E-state index in [0.29, 0.717) is 0 Å². The zero-order valence-corrected chi connectivity index (χ0v) is 34.5. The fraction of sp³-hybridized carbons (Fsp3) is 0. The van der Waals surface area contributed by atoms with Crippen LogP contribution in [0.5, 0.6) is 0 Å². The van der Waals surface area contributed by atoms with Crippen LogP contribution in [0, 0.1) is 0 Å². The van der Waals surface area contributed by atoms with E-state index < -0.39 is 0 Å². The van der Waals surface area contributed by atoms with Gasteiger partial charge in [-0.25, -0.2) is 9.97 Å². The molecule has 0 saturated carbocycles. The molecule has 298 valence electrons. The summed E-state index contributed by atoms with van der Waals surface area (Å²) in [6.45, 7) is 0. The summed E-state index contributed by atoms with van der Waals surface area (Å²) < 4.78 is 9.40. The van der Waals surface area contributed by atoms with Crippen molar-refractivity contribution in [3.8, 4) is 34.4 Å². The Morgan fingerprint density at radius 1 is 0.219 bits per heavy atom. The van der Waals surface area contributed by atoms with Crippen molar-refractivity contribution in [2.45, 2.75) is 0 Å². The van der Waals surface area contributed by atoms with Crippen molar-refractivity contribution in [2.24, 2.45) is 0 Å². The third kappa shape index (κ3) is 4.96. The lowest BCUT2D eigenvalue weighted by Gasteiger charge is -2.11. The number of hydrogen-bond acceptors (Lipinski definition) is 2. The second-order valence-corrected chi connectivity index (χ2v) is 16.6. The number of fused-ring (bicyclic) bond motifs is 12. The summed E-state index contributed by atoms with van der Waals surface area (Å²) in [6, 6.07) is 78.1. The van der Waals surface area contributed by atoms with Gasteiger partial charge in [-0.05, 0) is 97.1 Å². The number of pyridine rings is 2. The lowest BCUT2D eigenvalue weighted by atomic mass is 10.1. The average molecular weight is 817 g/mol. The first-order valence-electron chi connectivity index (χ1n) is 21.8. The molecule has 6 aromatic heterocycles. The predicted octanol–water partition coefficient (Wildman–Crippen LogP) is 14.5. The SMILES string of the molecule is c1ccc(-n2c3ccccc3c3cc4c(cc32)c2ccccc2n4-c2cccc(-c3cccc(-n4c5ccccc5c5cc6c(cc54)c4ccccc4n6-c4ccccc4)n3)n2)cc1. The molecule has 0 amide bonds. The van der Waals surface area contributed by atoms with Gasteiger partial charge in [0.2, 0.25) is 0 Å². The molecule has 0 unspecified atom stereocenters. The summed E-state index contributed by atoms with van der Waals surface area (Å²) in [4.78, 5) is 10.8. The topological polar surface area (TPSA) is 45.5 Å². The molecule has 0 radical (unpaired) electrons. The highest BCUT2D eigenvalue weighted by Crippen LogP contribution is 2.41. The maximum absolute atomic E-state index is 5.42. The highest BCUT2D eigenvalue weighted by molar-refractivity contribution is 6.20. The first kappa shape index (κ1) is 34.9. The molecule has 0 bridgehead atoms. The van der Waals surface area contributed by atoms with Gasteiger partial charge >= 0.3 is 0 Å². The van der Waals surface area contributed by atoms with E-state index in [9.17, 15) is 0 Å². The number of rotatable bonds is 5. The van der Waals surface area contributed by atoms with E-state index in [2.05, 4.69) is 237 Å². The highest BCUT2D eigenvalue weighted by atomic mass is 15.1. The molecule has 0 aliphatic rings. The Morgan fingerprint density at radius 3 is 0.875 bits per heavy atom. The Kier molecular flexibility index (Phi) is 7.30. The van der Waals surface area contributed by atoms with Gasteiger partial charge in [-0.15, -0.1) is 0 Å². The van der Waals surface area contributed by atoms with E-state index in [4.69, 9.17) is 9.97 Å². The third-order valence-corrected chi connectivity index (χ3v) is 13.2. The van der Waals surface area contributed by atoms with Crippen LogP contribution in [0.15, 0.2) is 218 Å². The van der Waals surface area contributed by atoms with Gasteiger partial charge in [-0.1, -0.05) is 121 Å². The third-order valence-electron chi connectivity index (χ3n) is 13.2. The van der Waals surface area contributed by atoms with Crippen molar-refractivity contribution in [3.63, 3.8) is 0 Å². The van der Waals surface area contributed by atoms with Crippen molar-refractivity contribution < 1.29 is 0 Å². The van der Waals surface area contributed by atoms with Crippen LogP contribution in [0.1, 0.15) is 0 Å². The van der Waals surface area contributed by atoms with E-state index in [1.165, 1.54) is 65.2 Å². The summed E-state index contributed by atoms with van der Waals surface area (Å²) in [5.41, 5.74) is 13.1. The van der Waals surface area contributed by atoms with Crippen LogP contribution in [0.4, 0.5) is 0 Å². The summed E-state index contributed by atoms with van der Waals surface area (Å²) in [5.74, 6) is 1.69. The van der Waals surface area contributed by atoms with Crippen LogP contribution >= 0.6 is 0 Å². The molecule has 0 fully saturated rings. The monoisotopic (exact) mass is 816 g/mol. The molecule has 14 rings (SSSR count). The zero-order chi connectivity index (χ0) is 41.9. The van der Waals surface area contributed by atoms with Gasteiger partial charge in [0.15, 0.2) is 0 Å². The second-order valence-electron chi connectivity index (χ2n) is 16.6. The van der Waals surface area contributed by atoms with Crippen LogP contribution in [-0.2, 0) is 0 Å². The number of aromatic nitrogens is 6. The lowest BCUT2D eigenvalue weighted by Crippen LogP contribution is -2.01. The molecule has 0 saturated heterocycles. The van der Waals surface area contributed by atoms with Gasteiger partial charge in [0.25, 0.3) is 0 Å². The molecule has 0 aliphatic carbocycles. The first-order valence-corrected chi connectivity index (χ1v) is 21.8. The van der Waals surface area contributed by atoms with Crippen molar-refractivity contribution in [2.75, 3.05) is 0 Å². The van der Waals surface area contributed by atoms with Gasteiger partial charge in [-0.3, -0.25) is 9.13 Å². The van der Waals surface area contributed by atoms with Gasteiger partial charge in [0, 0.05) is 54.5 Å². The Morgan fingerprint density at radius 2 is 0.516 bits per heavy atom. The lowest BCUT2D eigenvalue weighted by molar-refractivity contribution is 1.06. The van der Waals surface area contributed by atoms with Crippen LogP contribution in [-0.4, -0.2) is 28.2 Å². The number of benzene rings is 8. The van der Waals surface area contributed by atoms with Crippen LogP contribution in [0.25, 0.3) is 122 Å². The zero-order valence-electron chi connectivity index (χ0n) is 34.5. The Balaban J connectivity index is 0.954. The minimum absolute atomic E-state index is 0.807. The second kappa shape index (κ2) is 13.4. The van der Waals surface area contributed by atoms with E-state index in [0.717, 1.165) is 56.5 Å². The largest absolute Gasteiger partial charge is 0.309 e. The van der Waals surface area contributed by atoms with Crippen molar-refractivity contribution in [3.05, 3.63) is 218 Å². The van der Waals surface area contributed by atoms with Crippen LogP contribution in [0.3, 0.4) is 0 Å². The molecule has 0 aliphatic heterocycles. The fourth-order valence-electron chi connectivity index (χ4n) is 10.4. The van der Waals surface area contributed by atoms with E-state index in [-0.39, 0.29) is 0 Å². The molecule has 64 heavy (non-hydrogen) atoms. The summed E-state index contributed by atoms with van der Waals surface area (Å²) >= 11 is 0. The van der Waals surface area contributed by atoms with E-state index >= 15 is 0 Å². The van der Waals surface area contributed by atoms with Crippen LogP contribution < -0.4 is 0 Å². The molecule has 0 N–H and O–H groups in total. The molecule has 6 heterocycles. The van der Waals surface area contributed by atoms with Gasteiger partial charge < -0.3 is 9.13 Å². The minimum atomic E-state index is 0.807. The molecular formula is C58H36N6. The van der Waals surface area contributed by atoms with E-state index in [1.54, 1.807) is 0 Å².